The van der Waals surface area contributed by atoms with Gasteiger partial charge in [0.1, 0.15) is 11.6 Å². The number of methoxy groups -OCH3 is 1. The van der Waals surface area contributed by atoms with E-state index in [1.807, 2.05) is 73.4 Å². The molecule has 6 heteroatoms. The number of carbonyl (C=O) groups is 1. The van der Waals surface area contributed by atoms with Crippen LogP contribution in [0.15, 0.2) is 66.9 Å². The standard InChI is InChI=1S/C25H27N3O2S/c1-18(19-7-10-23(30-2)11-8-19)27-25(29)21-5-3-20(4-6-21)22-9-12-24(26-17-22)28-13-15-31-16-14-28/h3-12,17-18H,13-16H2,1-2H3,(H,27,29)/t18-/m1/s1. The topological polar surface area (TPSA) is 54.5 Å². The molecular weight excluding hydrogens is 406 g/mol. The third-order valence-corrected chi connectivity index (χ3v) is 6.47. The minimum absolute atomic E-state index is 0.0914. The zero-order chi connectivity index (χ0) is 21.6. The van der Waals surface area contributed by atoms with Crippen molar-refractivity contribution in [2.45, 2.75) is 13.0 Å². The molecule has 1 N–H and O–H groups in total. The van der Waals surface area contributed by atoms with E-state index in [0.717, 1.165) is 52.9 Å². The molecule has 1 fully saturated rings. The molecule has 1 saturated heterocycles. The summed E-state index contributed by atoms with van der Waals surface area (Å²) in [5, 5.41) is 3.05. The van der Waals surface area contributed by atoms with E-state index in [0.29, 0.717) is 5.56 Å². The molecule has 3 aromatic rings. The minimum atomic E-state index is -0.0944. The molecular formula is C25H27N3O2S. The number of hydrogen-bond donors (Lipinski definition) is 1. The molecule has 31 heavy (non-hydrogen) atoms. The van der Waals surface area contributed by atoms with Gasteiger partial charge in [-0.25, -0.2) is 4.98 Å². The largest absolute Gasteiger partial charge is 0.497 e. The number of anilines is 1. The molecule has 0 spiro atoms. The maximum Gasteiger partial charge on any atom is 0.251 e. The van der Waals surface area contributed by atoms with Crippen LogP contribution in [0.3, 0.4) is 0 Å². The smallest absolute Gasteiger partial charge is 0.251 e. The summed E-state index contributed by atoms with van der Waals surface area (Å²) in [4.78, 5) is 19.6. The predicted molar refractivity (Wildman–Crippen MR) is 128 cm³/mol. The lowest BCUT2D eigenvalue weighted by molar-refractivity contribution is 0.0940. The molecule has 2 aromatic carbocycles. The Morgan fingerprint density at radius 3 is 2.29 bits per heavy atom. The lowest BCUT2D eigenvalue weighted by Gasteiger charge is -2.27. The molecule has 2 heterocycles. The van der Waals surface area contributed by atoms with Crippen LogP contribution < -0.4 is 15.0 Å². The van der Waals surface area contributed by atoms with Crippen molar-refractivity contribution >= 4 is 23.5 Å². The fourth-order valence-electron chi connectivity index (χ4n) is 3.61. The molecule has 5 nitrogen and oxygen atoms in total. The third-order valence-electron chi connectivity index (χ3n) is 5.53. The first-order chi connectivity index (χ1) is 15.1. The number of rotatable bonds is 6. The van der Waals surface area contributed by atoms with Gasteiger partial charge in [-0.05, 0) is 54.4 Å². The third kappa shape index (κ3) is 5.20. The Bertz CT molecular complexity index is 998. The van der Waals surface area contributed by atoms with Crippen molar-refractivity contribution in [3.8, 4) is 16.9 Å². The summed E-state index contributed by atoms with van der Waals surface area (Å²) in [6.07, 6.45) is 1.91. The van der Waals surface area contributed by atoms with Crippen molar-refractivity contribution in [1.82, 2.24) is 10.3 Å². The number of benzene rings is 2. The molecule has 0 radical (unpaired) electrons. The first-order valence-corrected chi connectivity index (χ1v) is 11.6. The Hall–Kier alpha value is -2.99. The van der Waals surface area contributed by atoms with E-state index < -0.39 is 0 Å². The maximum absolute atomic E-state index is 12.7. The van der Waals surface area contributed by atoms with Crippen LogP contribution in [0.4, 0.5) is 5.82 Å². The summed E-state index contributed by atoms with van der Waals surface area (Å²) < 4.78 is 5.19. The Morgan fingerprint density at radius 1 is 1.00 bits per heavy atom. The van der Waals surface area contributed by atoms with Crippen LogP contribution in [0.25, 0.3) is 11.1 Å². The van der Waals surface area contributed by atoms with Gasteiger partial charge in [-0.2, -0.15) is 11.8 Å². The SMILES string of the molecule is COc1ccc([C@@H](C)NC(=O)c2ccc(-c3ccc(N4CCSCC4)nc3)cc2)cc1. The Labute approximate surface area is 187 Å². The number of pyridine rings is 1. The molecule has 1 aliphatic heterocycles. The van der Waals surface area contributed by atoms with E-state index in [1.54, 1.807) is 7.11 Å². The Kier molecular flexibility index (Phi) is 6.77. The summed E-state index contributed by atoms with van der Waals surface area (Å²) >= 11 is 1.99. The van der Waals surface area contributed by atoms with Gasteiger partial charge in [-0.1, -0.05) is 24.3 Å². The second kappa shape index (κ2) is 9.88. The normalized spacial score (nSPS) is 14.7. The second-order valence-corrected chi connectivity index (χ2v) is 8.77. The van der Waals surface area contributed by atoms with Gasteiger partial charge in [-0.15, -0.1) is 0 Å². The number of hydrogen-bond acceptors (Lipinski definition) is 5. The zero-order valence-electron chi connectivity index (χ0n) is 17.9. The first-order valence-electron chi connectivity index (χ1n) is 10.5. The van der Waals surface area contributed by atoms with Crippen LogP contribution in [-0.2, 0) is 0 Å². The van der Waals surface area contributed by atoms with Crippen LogP contribution in [0, 0.1) is 0 Å². The van der Waals surface area contributed by atoms with E-state index in [-0.39, 0.29) is 11.9 Å². The molecule has 0 saturated carbocycles. The summed E-state index contributed by atoms with van der Waals surface area (Å²) in [5.41, 5.74) is 3.77. The summed E-state index contributed by atoms with van der Waals surface area (Å²) in [6.45, 7) is 4.08. The summed E-state index contributed by atoms with van der Waals surface area (Å²) in [7, 11) is 1.64. The van der Waals surface area contributed by atoms with Gasteiger partial charge in [0.2, 0.25) is 0 Å². The number of thioether (sulfide) groups is 1. The number of carbonyl (C=O) groups excluding carboxylic acids is 1. The number of ether oxygens (including phenoxy) is 1. The molecule has 1 atom stereocenters. The molecule has 1 aromatic heterocycles. The zero-order valence-corrected chi connectivity index (χ0v) is 18.7. The highest BCUT2D eigenvalue weighted by Gasteiger charge is 2.14. The van der Waals surface area contributed by atoms with Gasteiger partial charge in [0.15, 0.2) is 0 Å². The molecule has 4 rings (SSSR count). The van der Waals surface area contributed by atoms with Gasteiger partial charge in [0, 0.05) is 41.9 Å². The second-order valence-electron chi connectivity index (χ2n) is 7.55. The van der Waals surface area contributed by atoms with Gasteiger partial charge >= 0.3 is 0 Å². The van der Waals surface area contributed by atoms with Crippen LogP contribution in [0.2, 0.25) is 0 Å². The number of amides is 1. The van der Waals surface area contributed by atoms with Crippen LogP contribution in [0.1, 0.15) is 28.9 Å². The average molecular weight is 434 g/mol. The van der Waals surface area contributed by atoms with Crippen molar-refractivity contribution in [3.05, 3.63) is 78.0 Å². The minimum Gasteiger partial charge on any atom is -0.497 e. The van der Waals surface area contributed by atoms with Crippen molar-refractivity contribution in [1.29, 1.82) is 0 Å². The van der Waals surface area contributed by atoms with Crippen LogP contribution in [-0.4, -0.2) is 42.6 Å². The maximum atomic E-state index is 12.7. The molecule has 0 aliphatic carbocycles. The van der Waals surface area contributed by atoms with Crippen LogP contribution in [0.5, 0.6) is 5.75 Å². The fraction of sp³-hybridized carbons (Fsp3) is 0.280. The Balaban J connectivity index is 1.39. The molecule has 1 aliphatic rings. The van der Waals surface area contributed by atoms with Crippen molar-refractivity contribution in [2.75, 3.05) is 36.6 Å². The fourth-order valence-corrected chi connectivity index (χ4v) is 4.51. The van der Waals surface area contributed by atoms with Crippen molar-refractivity contribution in [3.63, 3.8) is 0 Å². The van der Waals surface area contributed by atoms with Crippen LogP contribution >= 0.6 is 11.8 Å². The van der Waals surface area contributed by atoms with Crippen molar-refractivity contribution < 1.29 is 9.53 Å². The highest BCUT2D eigenvalue weighted by atomic mass is 32.2. The highest BCUT2D eigenvalue weighted by Crippen LogP contribution is 2.23. The number of nitrogens with zero attached hydrogens (tertiary/aromatic N) is 2. The van der Waals surface area contributed by atoms with Crippen molar-refractivity contribution in [2.24, 2.45) is 0 Å². The lowest BCUT2D eigenvalue weighted by Crippen LogP contribution is -2.32. The molecule has 0 bridgehead atoms. The number of aromatic nitrogens is 1. The average Bonchev–Trinajstić information content (AvgIpc) is 2.85. The van der Waals surface area contributed by atoms with Gasteiger partial charge in [-0.3, -0.25) is 4.79 Å². The monoisotopic (exact) mass is 433 g/mol. The summed E-state index contributed by atoms with van der Waals surface area (Å²) in [5.74, 6) is 4.06. The van der Waals surface area contributed by atoms with Gasteiger partial charge in [0.25, 0.3) is 5.91 Å². The van der Waals surface area contributed by atoms with Gasteiger partial charge in [0.05, 0.1) is 13.2 Å². The molecule has 160 valence electrons. The Morgan fingerprint density at radius 2 is 1.68 bits per heavy atom. The van der Waals surface area contributed by atoms with Gasteiger partial charge < -0.3 is 15.0 Å². The van der Waals surface area contributed by atoms with E-state index in [4.69, 9.17) is 4.74 Å². The van der Waals surface area contributed by atoms with E-state index in [2.05, 4.69) is 27.3 Å². The first kappa shape index (κ1) is 21.2. The number of nitrogens with one attached hydrogen (secondary N) is 1. The molecule has 1 amide bonds. The predicted octanol–water partition coefficient (Wildman–Crippen LogP) is 4.80. The lowest BCUT2D eigenvalue weighted by atomic mass is 10.0. The quantitative estimate of drug-likeness (QED) is 0.605. The van der Waals surface area contributed by atoms with E-state index in [1.165, 1.54) is 0 Å². The van der Waals surface area contributed by atoms with E-state index >= 15 is 0 Å². The highest BCUT2D eigenvalue weighted by molar-refractivity contribution is 7.99. The molecule has 0 unspecified atom stereocenters. The van der Waals surface area contributed by atoms with E-state index in [9.17, 15) is 4.79 Å². The summed E-state index contributed by atoms with van der Waals surface area (Å²) in [6, 6.07) is 19.5.